The van der Waals surface area contributed by atoms with Crippen LogP contribution in [0.5, 0.6) is 0 Å². The molecule has 122 valence electrons. The SMILES string of the molecule is CN(C)S(=O)(=O)c1cc(C(=O)N2CCCC(C(=O)O)C2)co1. The number of piperidine rings is 1. The number of carbonyl (C=O) groups excluding carboxylic acids is 1. The Kier molecular flexibility index (Phi) is 4.57. The maximum atomic E-state index is 12.3. The van der Waals surface area contributed by atoms with Crippen LogP contribution >= 0.6 is 0 Å². The Morgan fingerprint density at radius 3 is 2.68 bits per heavy atom. The lowest BCUT2D eigenvalue weighted by Gasteiger charge is -2.30. The van der Waals surface area contributed by atoms with Crippen molar-refractivity contribution in [3.05, 3.63) is 17.9 Å². The van der Waals surface area contributed by atoms with Gasteiger partial charge in [0.15, 0.2) is 0 Å². The van der Waals surface area contributed by atoms with Gasteiger partial charge in [-0.15, -0.1) is 0 Å². The average Bonchev–Trinajstić information content (AvgIpc) is 2.96. The number of carboxylic acids is 1. The molecule has 9 heteroatoms. The van der Waals surface area contributed by atoms with Gasteiger partial charge in [-0.25, -0.2) is 12.7 Å². The van der Waals surface area contributed by atoms with Crippen LogP contribution in [0.3, 0.4) is 0 Å². The number of likely N-dealkylation sites (tertiary alicyclic amines) is 1. The van der Waals surface area contributed by atoms with Crippen LogP contribution in [0, 0.1) is 5.92 Å². The quantitative estimate of drug-likeness (QED) is 0.859. The summed E-state index contributed by atoms with van der Waals surface area (Å²) in [6.45, 7) is 0.568. The summed E-state index contributed by atoms with van der Waals surface area (Å²) >= 11 is 0. The molecule has 1 aromatic heterocycles. The third-order valence-corrected chi connectivity index (χ3v) is 5.30. The van der Waals surface area contributed by atoms with E-state index in [1.54, 1.807) is 0 Å². The minimum Gasteiger partial charge on any atom is -0.481 e. The van der Waals surface area contributed by atoms with Gasteiger partial charge in [0.25, 0.3) is 15.9 Å². The average molecular weight is 330 g/mol. The molecular weight excluding hydrogens is 312 g/mol. The molecule has 0 spiro atoms. The van der Waals surface area contributed by atoms with Crippen LogP contribution in [-0.2, 0) is 14.8 Å². The van der Waals surface area contributed by atoms with Crippen molar-refractivity contribution in [1.82, 2.24) is 9.21 Å². The van der Waals surface area contributed by atoms with Gasteiger partial charge < -0.3 is 14.4 Å². The Morgan fingerprint density at radius 1 is 1.41 bits per heavy atom. The first kappa shape index (κ1) is 16.5. The fourth-order valence-electron chi connectivity index (χ4n) is 2.29. The number of aliphatic carboxylic acids is 1. The Labute approximate surface area is 128 Å². The lowest BCUT2D eigenvalue weighted by Crippen LogP contribution is -2.42. The molecule has 2 rings (SSSR count). The summed E-state index contributed by atoms with van der Waals surface area (Å²) in [6.07, 6.45) is 2.22. The summed E-state index contributed by atoms with van der Waals surface area (Å²) in [5.41, 5.74) is 0.103. The van der Waals surface area contributed by atoms with Crippen molar-refractivity contribution in [2.45, 2.75) is 17.9 Å². The first-order chi connectivity index (χ1) is 10.2. The molecule has 0 bridgehead atoms. The van der Waals surface area contributed by atoms with Gasteiger partial charge >= 0.3 is 5.97 Å². The molecule has 8 nitrogen and oxygen atoms in total. The van der Waals surface area contributed by atoms with Crippen molar-refractivity contribution in [3.8, 4) is 0 Å². The predicted octanol–water partition coefficient (Wildman–Crippen LogP) is 0.467. The number of carboxylic acid groups (broad SMARTS) is 1. The molecule has 1 saturated heterocycles. The molecule has 1 unspecified atom stereocenters. The fraction of sp³-hybridized carbons (Fsp3) is 0.538. The van der Waals surface area contributed by atoms with E-state index in [4.69, 9.17) is 9.52 Å². The smallest absolute Gasteiger partial charge is 0.308 e. The molecular formula is C13H18N2O6S. The summed E-state index contributed by atoms with van der Waals surface area (Å²) in [5.74, 6) is -1.94. The van der Waals surface area contributed by atoms with Crippen molar-refractivity contribution in [3.63, 3.8) is 0 Å². The minimum atomic E-state index is -3.74. The molecule has 0 radical (unpaired) electrons. The molecule has 0 aromatic carbocycles. The molecule has 1 aromatic rings. The highest BCUT2D eigenvalue weighted by molar-refractivity contribution is 7.88. The Hall–Kier alpha value is -1.87. The van der Waals surface area contributed by atoms with Gasteiger partial charge in [0.05, 0.1) is 11.5 Å². The zero-order valence-corrected chi connectivity index (χ0v) is 13.2. The summed E-state index contributed by atoms with van der Waals surface area (Å²) in [4.78, 5) is 24.8. The van der Waals surface area contributed by atoms with Crippen LogP contribution in [0.25, 0.3) is 0 Å². The minimum absolute atomic E-state index is 0.103. The summed E-state index contributed by atoms with van der Waals surface area (Å²) in [6, 6.07) is 1.17. The van der Waals surface area contributed by atoms with E-state index in [1.807, 2.05) is 0 Å². The first-order valence-electron chi connectivity index (χ1n) is 6.76. The van der Waals surface area contributed by atoms with Crippen LogP contribution < -0.4 is 0 Å². The molecule has 1 atom stereocenters. The zero-order valence-electron chi connectivity index (χ0n) is 12.4. The first-order valence-corrected chi connectivity index (χ1v) is 8.20. The van der Waals surface area contributed by atoms with Crippen LogP contribution in [-0.4, -0.2) is 61.8 Å². The van der Waals surface area contributed by atoms with E-state index in [0.717, 1.165) is 10.6 Å². The third kappa shape index (κ3) is 3.14. The van der Waals surface area contributed by atoms with Gasteiger partial charge in [-0.2, -0.15) is 0 Å². The molecule has 2 heterocycles. The molecule has 1 N–H and O–H groups in total. The zero-order chi connectivity index (χ0) is 16.5. The van der Waals surface area contributed by atoms with Gasteiger partial charge in [-0.05, 0) is 12.8 Å². The number of nitrogens with zero attached hydrogens (tertiary/aromatic N) is 2. The monoisotopic (exact) mass is 330 g/mol. The van der Waals surface area contributed by atoms with Crippen LogP contribution in [0.1, 0.15) is 23.2 Å². The fourth-order valence-corrected chi connectivity index (χ4v) is 3.10. The number of furan rings is 1. The van der Waals surface area contributed by atoms with Crippen molar-refractivity contribution in [1.29, 1.82) is 0 Å². The number of hydrogen-bond donors (Lipinski definition) is 1. The van der Waals surface area contributed by atoms with E-state index in [-0.39, 0.29) is 17.2 Å². The van der Waals surface area contributed by atoms with Crippen molar-refractivity contribution in [2.75, 3.05) is 27.2 Å². The van der Waals surface area contributed by atoms with E-state index in [9.17, 15) is 18.0 Å². The maximum Gasteiger partial charge on any atom is 0.308 e. The Balaban J connectivity index is 2.17. The van der Waals surface area contributed by atoms with Gasteiger partial charge in [0.2, 0.25) is 5.09 Å². The highest BCUT2D eigenvalue weighted by atomic mass is 32.2. The van der Waals surface area contributed by atoms with Gasteiger partial charge in [0, 0.05) is 33.3 Å². The van der Waals surface area contributed by atoms with Gasteiger partial charge in [0.1, 0.15) is 6.26 Å². The van der Waals surface area contributed by atoms with Crippen LogP contribution in [0.2, 0.25) is 0 Å². The third-order valence-electron chi connectivity index (χ3n) is 3.62. The van der Waals surface area contributed by atoms with E-state index >= 15 is 0 Å². The highest BCUT2D eigenvalue weighted by Crippen LogP contribution is 2.22. The number of amides is 1. The molecule has 0 saturated carbocycles. The molecule has 1 aliphatic rings. The van der Waals surface area contributed by atoms with Crippen LogP contribution in [0.4, 0.5) is 0 Å². The second-order valence-corrected chi connectivity index (χ2v) is 7.45. The lowest BCUT2D eigenvalue weighted by molar-refractivity contribution is -0.143. The summed E-state index contributed by atoms with van der Waals surface area (Å²) in [7, 11) is -1.02. The second kappa shape index (κ2) is 6.09. The van der Waals surface area contributed by atoms with E-state index in [0.29, 0.717) is 19.4 Å². The molecule has 0 aliphatic carbocycles. The van der Waals surface area contributed by atoms with Crippen LogP contribution in [0.15, 0.2) is 21.8 Å². The predicted molar refractivity (Wildman–Crippen MR) is 75.8 cm³/mol. The maximum absolute atomic E-state index is 12.3. The van der Waals surface area contributed by atoms with Crippen molar-refractivity contribution >= 4 is 21.9 Å². The number of rotatable bonds is 4. The molecule has 22 heavy (non-hydrogen) atoms. The van der Waals surface area contributed by atoms with Crippen molar-refractivity contribution < 1.29 is 27.5 Å². The molecule has 1 amide bonds. The summed E-state index contributed by atoms with van der Waals surface area (Å²) < 4.78 is 29.8. The topological polar surface area (TPSA) is 108 Å². The van der Waals surface area contributed by atoms with Gasteiger partial charge in [-0.1, -0.05) is 0 Å². The molecule has 1 aliphatic heterocycles. The van der Waals surface area contributed by atoms with E-state index in [2.05, 4.69) is 0 Å². The second-order valence-electron chi connectivity index (χ2n) is 5.37. The Morgan fingerprint density at radius 2 is 2.09 bits per heavy atom. The highest BCUT2D eigenvalue weighted by Gasteiger charge is 2.30. The van der Waals surface area contributed by atoms with E-state index in [1.165, 1.54) is 25.1 Å². The lowest BCUT2D eigenvalue weighted by atomic mass is 9.98. The standard InChI is InChI=1S/C13H18N2O6S/c1-14(2)22(19,20)11-6-10(8-21-11)12(16)15-5-3-4-9(7-15)13(17)18/h6,8-9H,3-5,7H2,1-2H3,(H,17,18). The number of carbonyl (C=O) groups is 2. The Bertz CT molecular complexity index is 678. The van der Waals surface area contributed by atoms with E-state index < -0.39 is 27.8 Å². The molecule has 1 fully saturated rings. The number of sulfonamides is 1. The largest absolute Gasteiger partial charge is 0.481 e. The van der Waals surface area contributed by atoms with Crippen molar-refractivity contribution in [2.24, 2.45) is 5.92 Å². The normalized spacial score (nSPS) is 19.4. The summed E-state index contributed by atoms with van der Waals surface area (Å²) in [5, 5.41) is 8.73. The number of hydrogen-bond acceptors (Lipinski definition) is 5. The van der Waals surface area contributed by atoms with Gasteiger partial charge in [-0.3, -0.25) is 9.59 Å².